The second kappa shape index (κ2) is 5.98. The molecule has 0 heterocycles. The molecular weight excluding hydrogens is 272 g/mol. The number of carbonyl (C=O) groups excluding carboxylic acids is 2. The molecule has 0 amide bonds. The minimum Gasteiger partial charge on any atom is -0.469 e. The highest BCUT2D eigenvalue weighted by Gasteiger charge is 2.45. The number of rotatable bonds is 3. The van der Waals surface area contributed by atoms with E-state index in [0.717, 1.165) is 0 Å². The van der Waals surface area contributed by atoms with Crippen molar-refractivity contribution in [3.05, 3.63) is 0 Å². The van der Waals surface area contributed by atoms with Gasteiger partial charge >= 0.3 is 5.97 Å². The quantitative estimate of drug-likeness (QED) is 0.593. The first-order valence-corrected chi connectivity index (χ1v) is 10.2. The molecule has 0 saturated heterocycles. The highest BCUT2D eigenvalue weighted by molar-refractivity contribution is 6.74. The van der Waals surface area contributed by atoms with E-state index in [9.17, 15) is 9.59 Å². The molecule has 0 aromatic heterocycles. The predicted molar refractivity (Wildman–Crippen MR) is 81.0 cm³/mol. The van der Waals surface area contributed by atoms with Crippen molar-refractivity contribution in [2.75, 3.05) is 7.11 Å². The van der Waals surface area contributed by atoms with Crippen LogP contribution in [0.3, 0.4) is 0 Å². The fourth-order valence-electron chi connectivity index (χ4n) is 2.34. The predicted octanol–water partition coefficient (Wildman–Crippen LogP) is 3.17. The van der Waals surface area contributed by atoms with E-state index in [1.165, 1.54) is 7.11 Å². The summed E-state index contributed by atoms with van der Waals surface area (Å²) in [6.07, 6.45) is 0.535. The van der Waals surface area contributed by atoms with Crippen molar-refractivity contribution in [2.45, 2.75) is 64.8 Å². The van der Waals surface area contributed by atoms with Crippen LogP contribution in [0.1, 0.15) is 40.5 Å². The lowest BCUT2D eigenvalue weighted by Crippen LogP contribution is -2.49. The fraction of sp³-hybridized carbons (Fsp3) is 0.867. The Morgan fingerprint density at radius 3 is 2.25 bits per heavy atom. The summed E-state index contributed by atoms with van der Waals surface area (Å²) >= 11 is 0. The standard InChI is InChI=1S/C15H28O4Si/c1-10-12(14(17)18-5)8-11(16)9-13(10)19-20(6,7)15(2,3)4/h10,12-13H,8-9H2,1-7H3/t10-,12+,13+/m0/s1. The van der Waals surface area contributed by atoms with Crippen LogP contribution in [-0.4, -0.2) is 33.3 Å². The average Bonchev–Trinajstić information content (AvgIpc) is 2.30. The van der Waals surface area contributed by atoms with Crippen LogP contribution >= 0.6 is 0 Å². The summed E-state index contributed by atoms with van der Waals surface area (Å²) in [5, 5.41) is 0.0912. The molecule has 5 heteroatoms. The Hall–Kier alpha value is -0.683. The van der Waals surface area contributed by atoms with Crippen LogP contribution in [0.15, 0.2) is 0 Å². The molecule has 0 bridgehead atoms. The summed E-state index contributed by atoms with van der Waals surface area (Å²) in [6.45, 7) is 12.9. The Morgan fingerprint density at radius 2 is 1.80 bits per heavy atom. The Balaban J connectivity index is 2.89. The maximum Gasteiger partial charge on any atom is 0.309 e. The summed E-state index contributed by atoms with van der Waals surface area (Å²) in [5.74, 6) is -0.540. The highest BCUT2D eigenvalue weighted by Crippen LogP contribution is 2.41. The Bertz CT molecular complexity index is 384. The van der Waals surface area contributed by atoms with E-state index >= 15 is 0 Å². The van der Waals surface area contributed by atoms with E-state index in [-0.39, 0.29) is 41.2 Å². The SMILES string of the molecule is COC(=O)[C@@H]1CC(=O)C[C@@H](O[Si](C)(C)C(C)(C)C)[C@H]1C. The lowest BCUT2D eigenvalue weighted by Gasteiger charge is -2.43. The third-order valence-corrected chi connectivity index (χ3v) is 9.36. The number of methoxy groups -OCH3 is 1. The molecule has 1 fully saturated rings. The largest absolute Gasteiger partial charge is 0.469 e. The van der Waals surface area contributed by atoms with Crippen LogP contribution < -0.4 is 0 Å². The third kappa shape index (κ3) is 3.70. The molecule has 1 saturated carbocycles. The van der Waals surface area contributed by atoms with E-state index in [1.807, 2.05) is 6.92 Å². The molecule has 0 unspecified atom stereocenters. The third-order valence-electron chi connectivity index (χ3n) is 4.85. The topological polar surface area (TPSA) is 52.6 Å². The summed E-state index contributed by atoms with van der Waals surface area (Å²) in [5.41, 5.74) is 0. The monoisotopic (exact) mass is 300 g/mol. The first kappa shape index (κ1) is 17.4. The lowest BCUT2D eigenvalue weighted by atomic mass is 9.78. The van der Waals surface area contributed by atoms with Crippen molar-refractivity contribution in [1.82, 2.24) is 0 Å². The molecule has 0 aromatic rings. The van der Waals surface area contributed by atoms with Crippen molar-refractivity contribution >= 4 is 20.1 Å². The Labute approximate surface area is 123 Å². The Kier molecular flexibility index (Phi) is 5.19. The van der Waals surface area contributed by atoms with Gasteiger partial charge < -0.3 is 9.16 Å². The van der Waals surface area contributed by atoms with Gasteiger partial charge in [0, 0.05) is 12.8 Å². The van der Waals surface area contributed by atoms with Gasteiger partial charge in [0.1, 0.15) is 5.78 Å². The van der Waals surface area contributed by atoms with E-state index in [4.69, 9.17) is 9.16 Å². The van der Waals surface area contributed by atoms with E-state index < -0.39 is 8.32 Å². The zero-order chi connectivity index (χ0) is 15.7. The van der Waals surface area contributed by atoms with Gasteiger partial charge in [0.05, 0.1) is 19.1 Å². The summed E-state index contributed by atoms with van der Waals surface area (Å²) in [4.78, 5) is 23.7. The van der Waals surface area contributed by atoms with E-state index in [0.29, 0.717) is 6.42 Å². The molecule has 116 valence electrons. The van der Waals surface area contributed by atoms with Crippen molar-refractivity contribution in [3.63, 3.8) is 0 Å². The van der Waals surface area contributed by atoms with E-state index in [1.54, 1.807) is 0 Å². The maximum absolute atomic E-state index is 11.9. The van der Waals surface area contributed by atoms with Gasteiger partial charge in [0.25, 0.3) is 0 Å². The first-order chi connectivity index (χ1) is 8.99. The fourth-order valence-corrected chi connectivity index (χ4v) is 3.75. The van der Waals surface area contributed by atoms with Crippen LogP contribution in [0.5, 0.6) is 0 Å². The minimum atomic E-state index is -1.94. The molecule has 0 N–H and O–H groups in total. The molecule has 0 aromatic carbocycles. The number of hydrogen-bond acceptors (Lipinski definition) is 4. The molecular formula is C15H28O4Si. The average molecular weight is 300 g/mol. The number of hydrogen-bond donors (Lipinski definition) is 0. The van der Waals surface area contributed by atoms with Gasteiger partial charge in [-0.15, -0.1) is 0 Å². The summed E-state index contributed by atoms with van der Waals surface area (Å²) < 4.78 is 11.2. The molecule has 4 nitrogen and oxygen atoms in total. The van der Waals surface area contributed by atoms with Gasteiger partial charge in [0.15, 0.2) is 8.32 Å². The van der Waals surface area contributed by atoms with Crippen LogP contribution in [0.4, 0.5) is 0 Å². The van der Waals surface area contributed by atoms with E-state index in [2.05, 4.69) is 33.9 Å². The second-order valence-electron chi connectivity index (χ2n) is 7.35. The van der Waals surface area contributed by atoms with Crippen LogP contribution in [0.2, 0.25) is 18.1 Å². The smallest absolute Gasteiger partial charge is 0.309 e. The number of ketones is 1. The van der Waals surface area contributed by atoms with Crippen molar-refractivity contribution in [3.8, 4) is 0 Å². The van der Waals surface area contributed by atoms with Crippen LogP contribution in [-0.2, 0) is 18.8 Å². The lowest BCUT2D eigenvalue weighted by molar-refractivity contribution is -0.153. The number of ether oxygens (including phenoxy) is 1. The normalized spacial score (nSPS) is 28.4. The maximum atomic E-state index is 11.9. The number of carbonyl (C=O) groups is 2. The van der Waals surface area contributed by atoms with Crippen LogP contribution in [0.25, 0.3) is 0 Å². The molecule has 1 aliphatic carbocycles. The summed E-state index contributed by atoms with van der Waals surface area (Å²) in [7, 11) is -0.570. The minimum absolute atomic E-state index is 0.0225. The van der Waals surface area contributed by atoms with Crippen molar-refractivity contribution < 1.29 is 18.8 Å². The van der Waals surface area contributed by atoms with Gasteiger partial charge in [-0.2, -0.15) is 0 Å². The number of esters is 1. The number of Topliss-reactive ketones (excluding diaryl/α,β-unsaturated/α-hetero) is 1. The molecule has 0 radical (unpaired) electrons. The van der Waals surface area contributed by atoms with Crippen LogP contribution in [0, 0.1) is 11.8 Å². The van der Waals surface area contributed by atoms with Gasteiger partial charge in [-0.25, -0.2) is 0 Å². The van der Waals surface area contributed by atoms with Gasteiger partial charge in [-0.3, -0.25) is 9.59 Å². The molecule has 0 spiro atoms. The van der Waals surface area contributed by atoms with Gasteiger partial charge in [-0.05, 0) is 24.1 Å². The highest BCUT2D eigenvalue weighted by atomic mass is 28.4. The molecule has 3 atom stereocenters. The first-order valence-electron chi connectivity index (χ1n) is 7.27. The molecule has 0 aliphatic heterocycles. The second-order valence-corrected chi connectivity index (χ2v) is 12.1. The van der Waals surface area contributed by atoms with Gasteiger partial charge in [-0.1, -0.05) is 27.7 Å². The molecule has 20 heavy (non-hydrogen) atoms. The van der Waals surface area contributed by atoms with Gasteiger partial charge in [0.2, 0.25) is 0 Å². The zero-order valence-electron chi connectivity index (χ0n) is 13.8. The zero-order valence-corrected chi connectivity index (χ0v) is 14.8. The summed E-state index contributed by atoms with van der Waals surface area (Å²) in [6, 6.07) is 0. The van der Waals surface area contributed by atoms with Crippen molar-refractivity contribution in [1.29, 1.82) is 0 Å². The molecule has 1 rings (SSSR count). The molecule has 1 aliphatic rings. The van der Waals surface area contributed by atoms with Crippen molar-refractivity contribution in [2.24, 2.45) is 11.8 Å². The Morgan fingerprint density at radius 1 is 1.25 bits per heavy atom.